The van der Waals surface area contributed by atoms with Crippen LogP contribution in [0.4, 0.5) is 0 Å². The van der Waals surface area contributed by atoms with Crippen molar-refractivity contribution < 1.29 is 4.74 Å². The molecule has 0 saturated carbocycles. The van der Waals surface area contributed by atoms with Crippen molar-refractivity contribution >= 4 is 11.3 Å². The van der Waals surface area contributed by atoms with Crippen LogP contribution < -0.4 is 5.32 Å². The molecule has 1 atom stereocenters. The van der Waals surface area contributed by atoms with E-state index in [4.69, 9.17) is 4.74 Å². The van der Waals surface area contributed by atoms with Gasteiger partial charge in [0.05, 0.1) is 12.7 Å². The van der Waals surface area contributed by atoms with E-state index < -0.39 is 0 Å². The van der Waals surface area contributed by atoms with Gasteiger partial charge in [0.15, 0.2) is 0 Å². The van der Waals surface area contributed by atoms with Crippen LogP contribution in [0.5, 0.6) is 0 Å². The second-order valence-electron chi connectivity index (χ2n) is 3.21. The number of thiazole rings is 1. The SMILES string of the molecule is c1csc(CO[C@@H]2CCCNC2)n1. The molecule has 1 aromatic rings. The molecule has 0 aliphatic carbocycles. The predicted octanol–water partition coefficient (Wildman–Crippen LogP) is 1.41. The molecule has 13 heavy (non-hydrogen) atoms. The Morgan fingerprint density at radius 2 is 2.69 bits per heavy atom. The topological polar surface area (TPSA) is 34.1 Å². The second kappa shape index (κ2) is 4.69. The number of aromatic nitrogens is 1. The predicted molar refractivity (Wildman–Crippen MR) is 52.8 cm³/mol. The summed E-state index contributed by atoms with van der Waals surface area (Å²) >= 11 is 1.65. The lowest BCUT2D eigenvalue weighted by Crippen LogP contribution is -2.35. The number of hydrogen-bond donors (Lipinski definition) is 1. The van der Waals surface area contributed by atoms with Gasteiger partial charge in [0.1, 0.15) is 5.01 Å². The Bertz CT molecular complexity index is 232. The van der Waals surface area contributed by atoms with E-state index >= 15 is 0 Å². The molecule has 1 aromatic heterocycles. The van der Waals surface area contributed by atoms with E-state index in [1.54, 1.807) is 11.3 Å². The molecule has 1 fully saturated rings. The third kappa shape index (κ3) is 2.76. The van der Waals surface area contributed by atoms with Gasteiger partial charge in [-0.2, -0.15) is 0 Å². The minimum Gasteiger partial charge on any atom is -0.370 e. The van der Waals surface area contributed by atoms with Crippen molar-refractivity contribution in [3.05, 3.63) is 16.6 Å². The lowest BCUT2D eigenvalue weighted by Gasteiger charge is -2.22. The summed E-state index contributed by atoms with van der Waals surface area (Å²) in [6.07, 6.45) is 4.61. The van der Waals surface area contributed by atoms with Gasteiger partial charge in [-0.1, -0.05) is 0 Å². The van der Waals surface area contributed by atoms with E-state index in [0.29, 0.717) is 12.7 Å². The average molecular weight is 198 g/mol. The normalized spacial score (nSPS) is 23.2. The maximum atomic E-state index is 5.71. The molecule has 0 unspecified atom stereocenters. The van der Waals surface area contributed by atoms with E-state index in [2.05, 4.69) is 10.3 Å². The molecule has 2 rings (SSSR count). The lowest BCUT2D eigenvalue weighted by atomic mass is 10.1. The molecule has 1 saturated heterocycles. The molecule has 2 heterocycles. The first-order chi connectivity index (χ1) is 6.45. The molecular weight excluding hydrogens is 184 g/mol. The highest BCUT2D eigenvalue weighted by atomic mass is 32.1. The van der Waals surface area contributed by atoms with Crippen LogP contribution in [0.3, 0.4) is 0 Å². The van der Waals surface area contributed by atoms with E-state index in [9.17, 15) is 0 Å². The van der Waals surface area contributed by atoms with E-state index in [-0.39, 0.29) is 0 Å². The fraction of sp³-hybridized carbons (Fsp3) is 0.667. The lowest BCUT2D eigenvalue weighted by molar-refractivity contribution is 0.0252. The van der Waals surface area contributed by atoms with Crippen LogP contribution in [0.2, 0.25) is 0 Å². The second-order valence-corrected chi connectivity index (χ2v) is 4.18. The Kier molecular flexibility index (Phi) is 3.29. The summed E-state index contributed by atoms with van der Waals surface area (Å²) in [6, 6.07) is 0. The number of piperidine rings is 1. The molecule has 0 radical (unpaired) electrons. The van der Waals surface area contributed by atoms with Crippen LogP contribution in [0, 0.1) is 0 Å². The zero-order chi connectivity index (χ0) is 8.93. The van der Waals surface area contributed by atoms with Gasteiger partial charge < -0.3 is 10.1 Å². The standard InChI is InChI=1S/C9H14N2OS/c1-2-8(6-10-3-1)12-7-9-11-4-5-13-9/h4-5,8,10H,1-3,6-7H2/t8-/m1/s1. The highest BCUT2D eigenvalue weighted by molar-refractivity contribution is 7.09. The van der Waals surface area contributed by atoms with Gasteiger partial charge in [-0.25, -0.2) is 4.98 Å². The highest BCUT2D eigenvalue weighted by Crippen LogP contribution is 2.11. The van der Waals surface area contributed by atoms with Crippen LogP contribution in [-0.2, 0) is 11.3 Å². The Morgan fingerprint density at radius 3 is 3.38 bits per heavy atom. The molecule has 4 heteroatoms. The van der Waals surface area contributed by atoms with Crippen molar-refractivity contribution in [1.82, 2.24) is 10.3 Å². The summed E-state index contributed by atoms with van der Waals surface area (Å²) in [5.41, 5.74) is 0. The van der Waals surface area contributed by atoms with Gasteiger partial charge >= 0.3 is 0 Å². The Hall–Kier alpha value is -0.450. The largest absolute Gasteiger partial charge is 0.370 e. The first kappa shape index (κ1) is 9.12. The Labute approximate surface area is 82.1 Å². The fourth-order valence-electron chi connectivity index (χ4n) is 1.48. The van der Waals surface area contributed by atoms with E-state index in [1.165, 1.54) is 12.8 Å². The maximum absolute atomic E-state index is 5.71. The first-order valence-corrected chi connectivity index (χ1v) is 5.54. The zero-order valence-electron chi connectivity index (χ0n) is 7.53. The molecule has 0 aromatic carbocycles. The van der Waals surface area contributed by atoms with Gasteiger partial charge in [0.25, 0.3) is 0 Å². The summed E-state index contributed by atoms with van der Waals surface area (Å²) in [4.78, 5) is 4.17. The maximum Gasteiger partial charge on any atom is 0.118 e. The molecule has 0 bridgehead atoms. The van der Waals surface area contributed by atoms with E-state index in [0.717, 1.165) is 18.1 Å². The van der Waals surface area contributed by atoms with Crippen molar-refractivity contribution in [2.45, 2.75) is 25.6 Å². The van der Waals surface area contributed by atoms with Crippen LogP contribution in [-0.4, -0.2) is 24.2 Å². The first-order valence-electron chi connectivity index (χ1n) is 4.66. The minimum absolute atomic E-state index is 0.387. The van der Waals surface area contributed by atoms with Gasteiger partial charge in [-0.15, -0.1) is 11.3 Å². The van der Waals surface area contributed by atoms with Crippen molar-refractivity contribution in [2.75, 3.05) is 13.1 Å². The molecule has 1 N–H and O–H groups in total. The van der Waals surface area contributed by atoms with Crippen molar-refractivity contribution in [2.24, 2.45) is 0 Å². The van der Waals surface area contributed by atoms with Gasteiger partial charge in [0, 0.05) is 18.1 Å². The third-order valence-corrected chi connectivity index (χ3v) is 2.93. The molecule has 1 aliphatic rings. The van der Waals surface area contributed by atoms with Crippen molar-refractivity contribution in [1.29, 1.82) is 0 Å². The van der Waals surface area contributed by atoms with Gasteiger partial charge in [-0.05, 0) is 19.4 Å². The van der Waals surface area contributed by atoms with E-state index in [1.807, 2.05) is 11.6 Å². The van der Waals surface area contributed by atoms with Gasteiger partial charge in [0.2, 0.25) is 0 Å². The summed E-state index contributed by atoms with van der Waals surface area (Å²) in [7, 11) is 0. The van der Waals surface area contributed by atoms with Crippen LogP contribution >= 0.6 is 11.3 Å². The molecule has 1 aliphatic heterocycles. The number of nitrogens with zero attached hydrogens (tertiary/aromatic N) is 1. The van der Waals surface area contributed by atoms with Crippen molar-refractivity contribution in [3.8, 4) is 0 Å². The van der Waals surface area contributed by atoms with Crippen LogP contribution in [0.15, 0.2) is 11.6 Å². The number of ether oxygens (including phenoxy) is 1. The Morgan fingerprint density at radius 1 is 1.69 bits per heavy atom. The van der Waals surface area contributed by atoms with Crippen LogP contribution in [0.25, 0.3) is 0 Å². The monoisotopic (exact) mass is 198 g/mol. The number of hydrogen-bond acceptors (Lipinski definition) is 4. The summed E-state index contributed by atoms with van der Waals surface area (Å²) in [6.45, 7) is 2.80. The smallest absolute Gasteiger partial charge is 0.118 e. The zero-order valence-corrected chi connectivity index (χ0v) is 8.35. The number of nitrogens with one attached hydrogen (secondary N) is 1. The molecular formula is C9H14N2OS. The highest BCUT2D eigenvalue weighted by Gasteiger charge is 2.13. The van der Waals surface area contributed by atoms with Crippen molar-refractivity contribution in [3.63, 3.8) is 0 Å². The third-order valence-electron chi connectivity index (χ3n) is 2.18. The summed E-state index contributed by atoms with van der Waals surface area (Å²) < 4.78 is 5.71. The van der Waals surface area contributed by atoms with Crippen LogP contribution in [0.1, 0.15) is 17.8 Å². The fourth-order valence-corrected chi connectivity index (χ4v) is 2.01. The molecule has 72 valence electrons. The quantitative estimate of drug-likeness (QED) is 0.797. The molecule has 0 spiro atoms. The molecule has 3 nitrogen and oxygen atoms in total. The summed E-state index contributed by atoms with van der Waals surface area (Å²) in [5, 5.41) is 6.38. The summed E-state index contributed by atoms with van der Waals surface area (Å²) in [5.74, 6) is 0. The molecule has 0 amide bonds. The van der Waals surface area contributed by atoms with Gasteiger partial charge in [-0.3, -0.25) is 0 Å². The average Bonchev–Trinajstić information content (AvgIpc) is 2.69. The minimum atomic E-state index is 0.387. The number of rotatable bonds is 3. The Balaban J connectivity index is 1.72.